The highest BCUT2D eigenvalue weighted by molar-refractivity contribution is 6.32. The summed E-state index contributed by atoms with van der Waals surface area (Å²) in [5.74, 6) is 0.886. The number of ether oxygens (including phenoxy) is 2. The van der Waals surface area contributed by atoms with E-state index in [1.807, 2.05) is 6.07 Å². The minimum Gasteiger partial charge on any atom is -0.508 e. The van der Waals surface area contributed by atoms with Crippen molar-refractivity contribution in [3.05, 3.63) is 82.6 Å². The van der Waals surface area contributed by atoms with Crippen LogP contribution in [0.5, 0.6) is 17.2 Å². The zero-order valence-corrected chi connectivity index (χ0v) is 15.5. The molecule has 0 saturated heterocycles. The van der Waals surface area contributed by atoms with Crippen LogP contribution in [0.2, 0.25) is 5.02 Å². The van der Waals surface area contributed by atoms with Gasteiger partial charge in [0.15, 0.2) is 11.5 Å². The average Bonchev–Trinajstić information content (AvgIpc) is 2.67. The highest BCUT2D eigenvalue weighted by Crippen LogP contribution is 2.37. The number of hydrogen-bond acceptors (Lipinski definition) is 4. The summed E-state index contributed by atoms with van der Waals surface area (Å²) >= 11 is 6.38. The van der Waals surface area contributed by atoms with E-state index in [9.17, 15) is 9.50 Å². The SMILES string of the molecule is COc1cc(CNc2ccc(O)cc2)cc(Cl)c1OCc1ccc(F)cc1. The van der Waals surface area contributed by atoms with E-state index in [2.05, 4.69) is 5.32 Å². The molecule has 0 unspecified atom stereocenters. The van der Waals surface area contributed by atoms with Crippen molar-refractivity contribution in [2.75, 3.05) is 12.4 Å². The Balaban J connectivity index is 1.70. The average molecular weight is 388 g/mol. The van der Waals surface area contributed by atoms with Gasteiger partial charge >= 0.3 is 0 Å². The minimum atomic E-state index is -0.292. The summed E-state index contributed by atoms with van der Waals surface area (Å²) in [6.07, 6.45) is 0. The van der Waals surface area contributed by atoms with Gasteiger partial charge in [0.05, 0.1) is 12.1 Å². The van der Waals surface area contributed by atoms with Gasteiger partial charge in [-0.2, -0.15) is 0 Å². The van der Waals surface area contributed by atoms with Gasteiger partial charge in [-0.05, 0) is 59.7 Å². The van der Waals surface area contributed by atoms with Crippen LogP contribution in [0, 0.1) is 5.82 Å². The maximum atomic E-state index is 13.0. The first-order valence-corrected chi connectivity index (χ1v) is 8.69. The van der Waals surface area contributed by atoms with E-state index in [0.29, 0.717) is 23.1 Å². The molecule has 0 bridgehead atoms. The third kappa shape index (κ3) is 5.05. The van der Waals surface area contributed by atoms with Crippen LogP contribution in [-0.4, -0.2) is 12.2 Å². The molecule has 140 valence electrons. The third-order valence-electron chi connectivity index (χ3n) is 3.95. The van der Waals surface area contributed by atoms with E-state index in [1.54, 1.807) is 49.6 Å². The molecule has 0 heterocycles. The molecule has 0 spiro atoms. The first-order chi connectivity index (χ1) is 13.0. The first kappa shape index (κ1) is 18.9. The van der Waals surface area contributed by atoms with E-state index < -0.39 is 0 Å². The largest absolute Gasteiger partial charge is 0.508 e. The number of nitrogens with one attached hydrogen (secondary N) is 1. The van der Waals surface area contributed by atoms with Crippen molar-refractivity contribution in [2.45, 2.75) is 13.2 Å². The fourth-order valence-electron chi connectivity index (χ4n) is 2.53. The van der Waals surface area contributed by atoms with Gasteiger partial charge in [-0.25, -0.2) is 4.39 Å². The number of phenolic OH excluding ortho intramolecular Hbond substituents is 1. The maximum absolute atomic E-state index is 13.0. The molecule has 0 atom stereocenters. The second kappa shape index (κ2) is 8.64. The van der Waals surface area contributed by atoms with Gasteiger partial charge in [-0.3, -0.25) is 0 Å². The predicted octanol–water partition coefficient (Wildman–Crippen LogP) is 5.38. The van der Waals surface area contributed by atoms with Crippen molar-refractivity contribution in [3.8, 4) is 17.2 Å². The standard InChI is InChI=1S/C21H19ClFNO3/c1-26-20-11-15(12-24-17-6-8-18(25)9-7-17)10-19(22)21(20)27-13-14-2-4-16(23)5-3-14/h2-11,24-25H,12-13H2,1H3. The second-order valence-corrected chi connectivity index (χ2v) is 6.33. The predicted molar refractivity (Wildman–Crippen MR) is 104 cm³/mol. The van der Waals surface area contributed by atoms with E-state index in [0.717, 1.165) is 16.8 Å². The zero-order valence-electron chi connectivity index (χ0n) is 14.7. The molecule has 0 amide bonds. The summed E-state index contributed by atoms with van der Waals surface area (Å²) in [5.41, 5.74) is 2.62. The smallest absolute Gasteiger partial charge is 0.180 e. The van der Waals surface area contributed by atoms with Gasteiger partial charge in [-0.1, -0.05) is 23.7 Å². The fourth-order valence-corrected chi connectivity index (χ4v) is 2.82. The van der Waals surface area contributed by atoms with Gasteiger partial charge in [0.25, 0.3) is 0 Å². The summed E-state index contributed by atoms with van der Waals surface area (Å²) in [4.78, 5) is 0. The van der Waals surface area contributed by atoms with Gasteiger partial charge in [0.2, 0.25) is 0 Å². The van der Waals surface area contributed by atoms with Crippen molar-refractivity contribution in [1.82, 2.24) is 0 Å². The Morgan fingerprint density at radius 2 is 1.70 bits per heavy atom. The van der Waals surface area contributed by atoms with Crippen LogP contribution in [-0.2, 0) is 13.2 Å². The molecule has 3 aromatic carbocycles. The van der Waals surface area contributed by atoms with Crippen LogP contribution < -0.4 is 14.8 Å². The van der Waals surface area contributed by atoms with Crippen molar-refractivity contribution >= 4 is 17.3 Å². The van der Waals surface area contributed by atoms with Crippen LogP contribution in [0.15, 0.2) is 60.7 Å². The van der Waals surface area contributed by atoms with Crippen LogP contribution in [0.1, 0.15) is 11.1 Å². The quantitative estimate of drug-likeness (QED) is 0.534. The number of halogens is 2. The molecule has 3 rings (SSSR count). The number of methoxy groups -OCH3 is 1. The number of rotatable bonds is 7. The van der Waals surface area contributed by atoms with Gasteiger partial charge < -0.3 is 19.9 Å². The number of anilines is 1. The molecular weight excluding hydrogens is 369 g/mol. The van der Waals surface area contributed by atoms with Crippen LogP contribution in [0.4, 0.5) is 10.1 Å². The summed E-state index contributed by atoms with van der Waals surface area (Å²) < 4.78 is 24.2. The van der Waals surface area contributed by atoms with Gasteiger partial charge in [0.1, 0.15) is 18.2 Å². The molecule has 0 radical (unpaired) electrons. The molecule has 0 saturated carbocycles. The normalized spacial score (nSPS) is 10.5. The molecule has 0 aromatic heterocycles. The molecule has 0 aliphatic rings. The Morgan fingerprint density at radius 3 is 2.37 bits per heavy atom. The van der Waals surface area contributed by atoms with Gasteiger partial charge in [0, 0.05) is 12.2 Å². The van der Waals surface area contributed by atoms with Crippen molar-refractivity contribution < 1.29 is 19.0 Å². The van der Waals surface area contributed by atoms with Crippen LogP contribution in [0.25, 0.3) is 0 Å². The summed E-state index contributed by atoms with van der Waals surface area (Å²) in [6, 6.07) is 16.5. The van der Waals surface area contributed by atoms with Crippen molar-refractivity contribution in [3.63, 3.8) is 0 Å². The van der Waals surface area contributed by atoms with Gasteiger partial charge in [-0.15, -0.1) is 0 Å². The molecule has 6 heteroatoms. The molecule has 0 aliphatic carbocycles. The lowest BCUT2D eigenvalue weighted by Gasteiger charge is -2.15. The Hall–Kier alpha value is -2.92. The monoisotopic (exact) mass is 387 g/mol. The van der Waals surface area contributed by atoms with E-state index in [4.69, 9.17) is 21.1 Å². The van der Waals surface area contributed by atoms with Crippen LogP contribution >= 0.6 is 11.6 Å². The third-order valence-corrected chi connectivity index (χ3v) is 4.23. The lowest BCUT2D eigenvalue weighted by Crippen LogP contribution is -2.02. The van der Waals surface area contributed by atoms with E-state index in [1.165, 1.54) is 12.1 Å². The molecule has 0 fully saturated rings. The highest BCUT2D eigenvalue weighted by atomic mass is 35.5. The number of hydrogen-bond donors (Lipinski definition) is 2. The molecule has 4 nitrogen and oxygen atoms in total. The maximum Gasteiger partial charge on any atom is 0.180 e. The Labute approximate surface area is 162 Å². The Morgan fingerprint density at radius 1 is 1.00 bits per heavy atom. The lowest BCUT2D eigenvalue weighted by molar-refractivity contribution is 0.284. The fraction of sp³-hybridized carbons (Fsp3) is 0.143. The second-order valence-electron chi connectivity index (χ2n) is 5.92. The molecule has 0 aliphatic heterocycles. The van der Waals surface area contributed by atoms with E-state index in [-0.39, 0.29) is 18.2 Å². The molecular formula is C21H19ClFNO3. The first-order valence-electron chi connectivity index (χ1n) is 8.31. The summed E-state index contributed by atoms with van der Waals surface area (Å²) in [6.45, 7) is 0.778. The summed E-state index contributed by atoms with van der Waals surface area (Å²) in [5, 5.41) is 13.0. The topological polar surface area (TPSA) is 50.7 Å². The molecule has 2 N–H and O–H groups in total. The Kier molecular flexibility index (Phi) is 6.04. The number of phenols is 1. The lowest BCUT2D eigenvalue weighted by atomic mass is 10.2. The van der Waals surface area contributed by atoms with Crippen molar-refractivity contribution in [2.24, 2.45) is 0 Å². The zero-order chi connectivity index (χ0) is 19.2. The van der Waals surface area contributed by atoms with E-state index >= 15 is 0 Å². The summed E-state index contributed by atoms with van der Waals surface area (Å²) in [7, 11) is 1.55. The van der Waals surface area contributed by atoms with Crippen molar-refractivity contribution in [1.29, 1.82) is 0 Å². The highest BCUT2D eigenvalue weighted by Gasteiger charge is 2.12. The molecule has 27 heavy (non-hydrogen) atoms. The number of aromatic hydroxyl groups is 1. The number of benzene rings is 3. The van der Waals surface area contributed by atoms with Crippen LogP contribution in [0.3, 0.4) is 0 Å². The minimum absolute atomic E-state index is 0.216. The Bertz CT molecular complexity index is 899. The molecule has 3 aromatic rings.